The van der Waals surface area contributed by atoms with E-state index < -0.39 is 0 Å². The van der Waals surface area contributed by atoms with E-state index in [2.05, 4.69) is 55.6 Å². The Bertz CT molecular complexity index is 627. The molecule has 0 saturated heterocycles. The van der Waals surface area contributed by atoms with Gasteiger partial charge in [0.15, 0.2) is 0 Å². The molecule has 2 rings (SSSR count). The highest BCUT2D eigenvalue weighted by Crippen LogP contribution is 2.20. The fraction of sp³-hybridized carbons (Fsp3) is 0. The van der Waals surface area contributed by atoms with Gasteiger partial charge < -0.3 is 0 Å². The zero-order valence-corrected chi connectivity index (χ0v) is 10.3. The van der Waals surface area contributed by atoms with Crippen molar-refractivity contribution < 1.29 is 0 Å². The Morgan fingerprint density at radius 1 is 0.889 bits per heavy atom. The second-order valence-electron chi connectivity index (χ2n) is 4.07. The molecule has 88 valence electrons. The zero-order valence-electron chi connectivity index (χ0n) is 10.3. The van der Waals surface area contributed by atoms with Crippen molar-refractivity contribution >= 4 is 16.3 Å². The van der Waals surface area contributed by atoms with Gasteiger partial charge in [-0.3, -0.25) is 0 Å². The monoisotopic (exact) mass is 232 g/mol. The van der Waals surface area contributed by atoms with Crippen LogP contribution < -0.4 is 0 Å². The van der Waals surface area contributed by atoms with E-state index in [0.717, 1.165) is 11.1 Å². The molecule has 0 saturated carbocycles. The van der Waals surface area contributed by atoms with Gasteiger partial charge in [0.25, 0.3) is 0 Å². The van der Waals surface area contributed by atoms with Crippen molar-refractivity contribution in [2.75, 3.05) is 0 Å². The van der Waals surface area contributed by atoms with Crippen LogP contribution in [0.5, 0.6) is 0 Å². The van der Waals surface area contributed by atoms with Gasteiger partial charge in [-0.2, -0.15) is 0 Å². The van der Waals surface area contributed by atoms with Crippen LogP contribution in [0.1, 0.15) is 5.56 Å². The first kappa shape index (κ1) is 12.1. The van der Waals surface area contributed by atoms with E-state index in [4.69, 9.17) is 0 Å². The van der Waals surface area contributed by atoms with Crippen molar-refractivity contribution in [3.05, 3.63) is 91.6 Å². The maximum absolute atomic E-state index is 4.08. The van der Waals surface area contributed by atoms with Crippen LogP contribution in [0.4, 0.5) is 0 Å². The first-order valence-corrected chi connectivity index (χ1v) is 5.95. The average Bonchev–Trinajstić information content (AvgIpc) is 2.43. The largest absolute Gasteiger partial charge is 0.0991 e. The molecule has 18 heavy (non-hydrogen) atoms. The molecule has 0 N–H and O–H groups in total. The summed E-state index contributed by atoms with van der Waals surface area (Å²) < 4.78 is 0. The van der Waals surface area contributed by atoms with E-state index >= 15 is 0 Å². The molecule has 0 amide bonds. The number of allylic oxidation sites excluding steroid dienone is 6. The summed E-state index contributed by atoms with van der Waals surface area (Å²) in [7, 11) is 0. The van der Waals surface area contributed by atoms with Crippen LogP contribution in [0, 0.1) is 0 Å². The molecule has 0 aliphatic heterocycles. The summed E-state index contributed by atoms with van der Waals surface area (Å²) in [5.41, 5.74) is 2.16. The Kier molecular flexibility index (Phi) is 3.93. The van der Waals surface area contributed by atoms with Crippen LogP contribution in [0.2, 0.25) is 0 Å². The molecular weight excluding hydrogens is 216 g/mol. The minimum Gasteiger partial charge on any atom is -0.0991 e. The van der Waals surface area contributed by atoms with Gasteiger partial charge in [-0.15, -0.1) is 0 Å². The summed E-state index contributed by atoms with van der Waals surface area (Å²) >= 11 is 0. The van der Waals surface area contributed by atoms with Crippen LogP contribution in [0.25, 0.3) is 16.3 Å². The summed E-state index contributed by atoms with van der Waals surface area (Å²) in [5.74, 6) is 0. The third kappa shape index (κ3) is 2.86. The van der Waals surface area contributed by atoms with Crippen LogP contribution >= 0.6 is 0 Å². The molecule has 0 bridgehead atoms. The highest BCUT2D eigenvalue weighted by molar-refractivity contribution is 5.87. The maximum atomic E-state index is 4.08. The van der Waals surface area contributed by atoms with Crippen LogP contribution in [-0.4, -0.2) is 0 Å². The summed E-state index contributed by atoms with van der Waals surface area (Å²) in [6, 6.07) is 14.7. The topological polar surface area (TPSA) is 0 Å². The van der Waals surface area contributed by atoms with E-state index in [0.29, 0.717) is 0 Å². The SMILES string of the molecule is C=C/C=C/C=C/C(=C)c1ccc2ccccc2c1. The van der Waals surface area contributed by atoms with Crippen LogP contribution in [0.15, 0.2) is 86.0 Å². The van der Waals surface area contributed by atoms with Crippen LogP contribution in [0.3, 0.4) is 0 Å². The molecule has 0 atom stereocenters. The lowest BCUT2D eigenvalue weighted by atomic mass is 10.0. The van der Waals surface area contributed by atoms with Gasteiger partial charge in [0, 0.05) is 0 Å². The number of hydrogen-bond acceptors (Lipinski definition) is 0. The average molecular weight is 232 g/mol. The molecule has 0 heterocycles. The van der Waals surface area contributed by atoms with E-state index in [1.54, 1.807) is 6.08 Å². The Hall–Kier alpha value is -2.34. The molecule has 0 radical (unpaired) electrons. The first-order chi connectivity index (χ1) is 8.81. The van der Waals surface area contributed by atoms with E-state index in [1.165, 1.54) is 10.8 Å². The minimum atomic E-state index is 1.01. The highest BCUT2D eigenvalue weighted by atomic mass is 14.0. The predicted octanol–water partition coefficient (Wildman–Crippen LogP) is 5.15. The molecule has 0 spiro atoms. The zero-order chi connectivity index (χ0) is 12.8. The van der Waals surface area contributed by atoms with Gasteiger partial charge in [0.05, 0.1) is 0 Å². The molecule has 0 nitrogen and oxygen atoms in total. The quantitative estimate of drug-likeness (QED) is 0.639. The van der Waals surface area contributed by atoms with Gasteiger partial charge in [-0.25, -0.2) is 0 Å². The second-order valence-corrected chi connectivity index (χ2v) is 4.07. The standard InChI is InChI=1S/C18H16/c1-3-4-5-6-9-15(2)17-13-12-16-10-7-8-11-18(16)14-17/h3-14H,1-2H2/b5-4+,9-6+. The minimum absolute atomic E-state index is 1.01. The first-order valence-electron chi connectivity index (χ1n) is 5.95. The molecule has 2 aromatic rings. The maximum Gasteiger partial charge on any atom is -0.0178 e. The Morgan fingerprint density at radius 2 is 1.67 bits per heavy atom. The fourth-order valence-electron chi connectivity index (χ4n) is 1.80. The molecule has 0 fully saturated rings. The molecule has 0 aliphatic rings. The van der Waals surface area contributed by atoms with Gasteiger partial charge in [0.2, 0.25) is 0 Å². The normalized spacial score (nSPS) is 11.3. The molecule has 0 heteroatoms. The fourth-order valence-corrected chi connectivity index (χ4v) is 1.80. The smallest absolute Gasteiger partial charge is 0.0178 e. The van der Waals surface area contributed by atoms with Gasteiger partial charge in [-0.1, -0.05) is 79.9 Å². The predicted molar refractivity (Wildman–Crippen MR) is 81.5 cm³/mol. The molecule has 0 unspecified atom stereocenters. The molecular formula is C18H16. The van der Waals surface area contributed by atoms with Gasteiger partial charge >= 0.3 is 0 Å². The summed E-state index contributed by atoms with van der Waals surface area (Å²) in [4.78, 5) is 0. The lowest BCUT2D eigenvalue weighted by Gasteiger charge is -2.03. The molecule has 2 aromatic carbocycles. The number of rotatable bonds is 4. The summed E-state index contributed by atoms with van der Waals surface area (Å²) in [5, 5.41) is 2.50. The number of hydrogen-bond donors (Lipinski definition) is 0. The highest BCUT2D eigenvalue weighted by Gasteiger charge is 1.97. The third-order valence-corrected chi connectivity index (χ3v) is 2.78. The van der Waals surface area contributed by atoms with Crippen molar-refractivity contribution in [1.82, 2.24) is 0 Å². The van der Waals surface area contributed by atoms with Crippen LogP contribution in [-0.2, 0) is 0 Å². The number of fused-ring (bicyclic) bond motifs is 1. The van der Waals surface area contributed by atoms with Crippen molar-refractivity contribution in [3.63, 3.8) is 0 Å². The van der Waals surface area contributed by atoms with E-state index in [-0.39, 0.29) is 0 Å². The lowest BCUT2D eigenvalue weighted by molar-refractivity contribution is 1.67. The third-order valence-electron chi connectivity index (χ3n) is 2.78. The van der Waals surface area contributed by atoms with Crippen molar-refractivity contribution in [2.45, 2.75) is 0 Å². The lowest BCUT2D eigenvalue weighted by Crippen LogP contribution is -1.80. The summed E-state index contributed by atoms with van der Waals surface area (Å²) in [6.07, 6.45) is 9.57. The van der Waals surface area contributed by atoms with E-state index in [1.807, 2.05) is 24.3 Å². The Balaban J connectivity index is 2.25. The molecule has 0 aliphatic carbocycles. The van der Waals surface area contributed by atoms with E-state index in [9.17, 15) is 0 Å². The number of benzene rings is 2. The van der Waals surface area contributed by atoms with Crippen molar-refractivity contribution in [1.29, 1.82) is 0 Å². The second kappa shape index (κ2) is 5.83. The van der Waals surface area contributed by atoms with Crippen molar-refractivity contribution in [2.24, 2.45) is 0 Å². The van der Waals surface area contributed by atoms with Crippen molar-refractivity contribution in [3.8, 4) is 0 Å². The Morgan fingerprint density at radius 3 is 2.44 bits per heavy atom. The van der Waals surface area contributed by atoms with Gasteiger partial charge in [-0.05, 0) is 28.0 Å². The summed E-state index contributed by atoms with van der Waals surface area (Å²) in [6.45, 7) is 7.71. The van der Waals surface area contributed by atoms with Gasteiger partial charge in [0.1, 0.15) is 0 Å². The molecule has 0 aromatic heterocycles. The Labute approximate surface area is 108 Å².